The number of ether oxygens (including phenoxy) is 2. The number of anilines is 1. The van der Waals surface area contributed by atoms with Crippen molar-refractivity contribution in [3.8, 4) is 17.7 Å². The molecule has 3 rings (SSSR count). The molecule has 0 saturated carbocycles. The van der Waals surface area contributed by atoms with Crippen molar-refractivity contribution in [3.05, 3.63) is 71.2 Å². The van der Waals surface area contributed by atoms with Crippen molar-refractivity contribution in [1.82, 2.24) is 4.98 Å². The molecule has 3 aromatic rings. The number of thiophene rings is 1. The second-order valence-electron chi connectivity index (χ2n) is 7.12. The van der Waals surface area contributed by atoms with E-state index < -0.39 is 18.1 Å². The first-order chi connectivity index (χ1) is 14.5. The molecule has 0 saturated heterocycles. The lowest BCUT2D eigenvalue weighted by atomic mass is 10.0. The van der Waals surface area contributed by atoms with Crippen LogP contribution in [0.4, 0.5) is 5.00 Å². The molecule has 2 heterocycles. The van der Waals surface area contributed by atoms with Crippen LogP contribution in [0, 0.1) is 24.2 Å². The van der Waals surface area contributed by atoms with Crippen LogP contribution in [0.1, 0.15) is 31.2 Å². The molecule has 0 bridgehead atoms. The molecule has 0 aliphatic rings. The number of para-hydroxylation sites is 1. The molecule has 0 radical (unpaired) electrons. The summed E-state index contributed by atoms with van der Waals surface area (Å²) in [5.41, 5.74) is 1.43. The molecule has 2 unspecified atom stereocenters. The standard InChI is InChI=1S/C23H23N3O3S/c1-15(2)22(26-21-12-16(3)14-30-21)23(27)29-19(13-24)18-10-7-11-20(25-18)28-17-8-5-4-6-9-17/h4-12,14-15,19,22,26H,1-3H3. The van der Waals surface area contributed by atoms with Gasteiger partial charge in [0.2, 0.25) is 12.0 Å². The van der Waals surface area contributed by atoms with Gasteiger partial charge >= 0.3 is 5.97 Å². The van der Waals surface area contributed by atoms with Gasteiger partial charge in [0.15, 0.2) is 0 Å². The molecule has 0 spiro atoms. The van der Waals surface area contributed by atoms with E-state index in [9.17, 15) is 10.1 Å². The number of pyridine rings is 1. The fourth-order valence-corrected chi connectivity index (χ4v) is 3.57. The maximum atomic E-state index is 12.8. The summed E-state index contributed by atoms with van der Waals surface area (Å²) < 4.78 is 11.2. The number of nitriles is 1. The summed E-state index contributed by atoms with van der Waals surface area (Å²) in [6.45, 7) is 5.84. The summed E-state index contributed by atoms with van der Waals surface area (Å²) in [5, 5.41) is 15.7. The van der Waals surface area contributed by atoms with E-state index in [1.54, 1.807) is 30.3 Å². The van der Waals surface area contributed by atoms with E-state index >= 15 is 0 Å². The van der Waals surface area contributed by atoms with Crippen LogP contribution in [0.15, 0.2) is 60.0 Å². The Bertz CT molecular complexity index is 1030. The van der Waals surface area contributed by atoms with Crippen LogP contribution in [0.2, 0.25) is 0 Å². The number of hydrogen-bond acceptors (Lipinski definition) is 7. The first-order valence-electron chi connectivity index (χ1n) is 9.58. The number of rotatable bonds is 8. The third kappa shape index (κ3) is 5.58. The van der Waals surface area contributed by atoms with Gasteiger partial charge in [0, 0.05) is 6.07 Å². The first kappa shape index (κ1) is 21.3. The Hall–Kier alpha value is -3.37. The Morgan fingerprint density at radius 1 is 1.17 bits per heavy atom. The zero-order valence-corrected chi connectivity index (χ0v) is 17.8. The molecule has 0 fully saturated rings. The summed E-state index contributed by atoms with van der Waals surface area (Å²) in [6.07, 6.45) is -1.13. The predicted molar refractivity (Wildman–Crippen MR) is 117 cm³/mol. The van der Waals surface area contributed by atoms with Gasteiger partial charge in [-0.2, -0.15) is 5.26 Å². The van der Waals surface area contributed by atoms with Crippen LogP contribution in [-0.2, 0) is 9.53 Å². The number of nitrogens with zero attached hydrogens (tertiary/aromatic N) is 2. The van der Waals surface area contributed by atoms with E-state index in [2.05, 4.69) is 10.3 Å². The average molecular weight is 422 g/mol. The molecule has 0 aliphatic carbocycles. The van der Waals surface area contributed by atoms with Gasteiger partial charge in [0.25, 0.3) is 0 Å². The van der Waals surface area contributed by atoms with Gasteiger partial charge in [-0.3, -0.25) is 0 Å². The van der Waals surface area contributed by atoms with Gasteiger partial charge in [-0.05, 0) is 48.1 Å². The number of nitrogens with one attached hydrogen (secondary N) is 1. The maximum Gasteiger partial charge on any atom is 0.330 e. The summed E-state index contributed by atoms with van der Waals surface area (Å²) in [4.78, 5) is 17.2. The number of esters is 1. The molecular formula is C23H23N3O3S. The summed E-state index contributed by atoms with van der Waals surface area (Å²) >= 11 is 1.52. The van der Waals surface area contributed by atoms with Crippen LogP contribution in [-0.4, -0.2) is 17.0 Å². The van der Waals surface area contributed by atoms with Crippen molar-refractivity contribution in [2.45, 2.75) is 32.9 Å². The number of benzene rings is 1. The lowest BCUT2D eigenvalue weighted by molar-refractivity contribution is -0.149. The van der Waals surface area contributed by atoms with Crippen molar-refractivity contribution in [3.63, 3.8) is 0 Å². The van der Waals surface area contributed by atoms with Gasteiger partial charge in [-0.15, -0.1) is 11.3 Å². The highest BCUT2D eigenvalue weighted by Crippen LogP contribution is 2.25. The second kappa shape index (κ2) is 9.90. The molecule has 154 valence electrons. The minimum atomic E-state index is -1.13. The van der Waals surface area contributed by atoms with E-state index in [0.29, 0.717) is 17.3 Å². The van der Waals surface area contributed by atoms with Gasteiger partial charge in [-0.25, -0.2) is 9.78 Å². The molecule has 1 aromatic carbocycles. The third-order valence-corrected chi connectivity index (χ3v) is 5.26. The average Bonchev–Trinajstić information content (AvgIpc) is 3.15. The van der Waals surface area contributed by atoms with Gasteiger partial charge in [-0.1, -0.05) is 38.1 Å². The van der Waals surface area contributed by atoms with E-state index in [4.69, 9.17) is 9.47 Å². The Morgan fingerprint density at radius 2 is 1.93 bits per heavy atom. The molecule has 2 aromatic heterocycles. The molecule has 0 aliphatic heterocycles. The van der Waals surface area contributed by atoms with E-state index in [1.165, 1.54) is 11.3 Å². The monoisotopic (exact) mass is 421 g/mol. The van der Waals surface area contributed by atoms with Crippen LogP contribution >= 0.6 is 11.3 Å². The zero-order chi connectivity index (χ0) is 21.5. The number of hydrogen-bond donors (Lipinski definition) is 1. The lowest BCUT2D eigenvalue weighted by Crippen LogP contribution is -2.36. The molecular weight excluding hydrogens is 398 g/mol. The van der Waals surface area contributed by atoms with Gasteiger partial charge < -0.3 is 14.8 Å². The van der Waals surface area contributed by atoms with Crippen LogP contribution in [0.3, 0.4) is 0 Å². The first-order valence-corrected chi connectivity index (χ1v) is 10.5. The summed E-state index contributed by atoms with van der Waals surface area (Å²) in [5.74, 6) is 0.421. The van der Waals surface area contributed by atoms with Gasteiger partial charge in [0.1, 0.15) is 17.9 Å². The highest BCUT2D eigenvalue weighted by molar-refractivity contribution is 7.14. The highest BCUT2D eigenvalue weighted by atomic mass is 32.1. The quantitative estimate of drug-likeness (QED) is 0.484. The fraction of sp³-hybridized carbons (Fsp3) is 0.261. The normalized spacial score (nSPS) is 12.6. The largest absolute Gasteiger partial charge is 0.439 e. The molecule has 7 heteroatoms. The zero-order valence-electron chi connectivity index (χ0n) is 17.0. The molecule has 0 amide bonds. The van der Waals surface area contributed by atoms with Crippen molar-refractivity contribution < 1.29 is 14.3 Å². The molecule has 30 heavy (non-hydrogen) atoms. The van der Waals surface area contributed by atoms with E-state index in [1.807, 2.05) is 56.5 Å². The minimum Gasteiger partial charge on any atom is -0.439 e. The van der Waals surface area contributed by atoms with Crippen LogP contribution < -0.4 is 10.1 Å². The Morgan fingerprint density at radius 3 is 2.57 bits per heavy atom. The minimum absolute atomic E-state index is 0.0278. The highest BCUT2D eigenvalue weighted by Gasteiger charge is 2.28. The maximum absolute atomic E-state index is 12.8. The summed E-state index contributed by atoms with van der Waals surface area (Å²) in [6, 6.07) is 17.7. The third-order valence-electron chi connectivity index (χ3n) is 4.28. The van der Waals surface area contributed by atoms with E-state index in [-0.39, 0.29) is 5.92 Å². The number of carbonyl (C=O) groups excluding carboxylic acids is 1. The number of aromatic nitrogens is 1. The Labute approximate surface area is 180 Å². The van der Waals surface area contributed by atoms with E-state index in [0.717, 1.165) is 10.6 Å². The van der Waals surface area contributed by atoms with Crippen LogP contribution in [0.5, 0.6) is 11.6 Å². The number of carbonyl (C=O) groups is 1. The Kier molecular flexibility index (Phi) is 7.04. The van der Waals surface area contributed by atoms with Crippen molar-refractivity contribution in [2.75, 3.05) is 5.32 Å². The number of aryl methyl sites for hydroxylation is 1. The SMILES string of the molecule is Cc1csc(NC(C(=O)OC(C#N)c2cccc(Oc3ccccc3)n2)C(C)C)c1. The predicted octanol–water partition coefficient (Wildman–Crippen LogP) is 5.49. The van der Waals surface area contributed by atoms with Crippen LogP contribution in [0.25, 0.3) is 0 Å². The molecule has 2 atom stereocenters. The molecule has 6 nitrogen and oxygen atoms in total. The smallest absolute Gasteiger partial charge is 0.330 e. The van der Waals surface area contributed by atoms with Crippen molar-refractivity contribution in [2.24, 2.45) is 5.92 Å². The topological polar surface area (TPSA) is 84.2 Å². The van der Waals surface area contributed by atoms with Gasteiger partial charge in [0.05, 0.1) is 10.7 Å². The Balaban J connectivity index is 1.72. The lowest BCUT2D eigenvalue weighted by Gasteiger charge is -2.22. The molecule has 1 N–H and O–H groups in total. The van der Waals surface area contributed by atoms with Crippen molar-refractivity contribution >= 4 is 22.3 Å². The second-order valence-corrected chi connectivity index (χ2v) is 8.03. The summed E-state index contributed by atoms with van der Waals surface area (Å²) in [7, 11) is 0. The fourth-order valence-electron chi connectivity index (χ4n) is 2.74. The van der Waals surface area contributed by atoms with Crippen molar-refractivity contribution in [1.29, 1.82) is 5.26 Å².